The molecule has 294 valence electrons. The molecule has 0 N–H and O–H groups in total. The topological polar surface area (TPSA) is 0 Å². The molecule has 0 bridgehead atoms. The number of allylic oxidation sites excluding steroid dienone is 8. The van der Waals surface area contributed by atoms with Crippen LogP contribution >= 0.6 is 0 Å². The van der Waals surface area contributed by atoms with Crippen molar-refractivity contribution in [3.8, 4) is 66.8 Å². The van der Waals surface area contributed by atoms with Gasteiger partial charge in [-0.3, -0.25) is 0 Å². The summed E-state index contributed by atoms with van der Waals surface area (Å²) in [7, 11) is 0. The zero-order valence-electron chi connectivity index (χ0n) is 34.9. The maximum Gasteiger partial charge on any atom is 0.0212 e. The second-order valence-corrected chi connectivity index (χ2v) is 18.1. The molecule has 0 fully saturated rings. The Morgan fingerprint density at radius 2 is 0.469 bits per heavy atom. The summed E-state index contributed by atoms with van der Waals surface area (Å²) < 4.78 is 0. The van der Waals surface area contributed by atoms with Crippen molar-refractivity contribution in [3.05, 3.63) is 241 Å². The minimum atomic E-state index is 0.209. The zero-order chi connectivity index (χ0) is 41.6. The van der Waals surface area contributed by atoms with E-state index < -0.39 is 0 Å². The molecule has 15 rings (SSSR count). The van der Waals surface area contributed by atoms with E-state index in [-0.39, 0.29) is 11.8 Å². The Hall–Kier alpha value is -8.06. The highest BCUT2D eigenvalue weighted by molar-refractivity contribution is 6.31. The summed E-state index contributed by atoms with van der Waals surface area (Å²) in [5.74, 6) is 0.418. The first-order valence-corrected chi connectivity index (χ1v) is 22.7. The Kier molecular flexibility index (Phi) is 6.88. The van der Waals surface area contributed by atoms with Crippen molar-refractivity contribution in [2.24, 2.45) is 11.8 Å². The van der Waals surface area contributed by atoms with Gasteiger partial charge in [-0.25, -0.2) is 0 Å². The van der Waals surface area contributed by atoms with Crippen LogP contribution in [0.15, 0.2) is 218 Å². The Morgan fingerprint density at radius 3 is 0.828 bits per heavy atom. The molecule has 10 aromatic carbocycles. The van der Waals surface area contributed by atoms with Crippen molar-refractivity contribution in [3.63, 3.8) is 0 Å². The van der Waals surface area contributed by atoms with Crippen molar-refractivity contribution < 1.29 is 0 Å². The lowest BCUT2D eigenvalue weighted by Gasteiger charge is -2.40. The van der Waals surface area contributed by atoms with Crippen LogP contribution in [0.1, 0.15) is 22.3 Å². The molecule has 64 heavy (non-hydrogen) atoms. The standard InChI is InChI=1S/C64H38/c1-5-17-37(18-6-1)53-41-25-13-14-26-42(41)54(38-19-7-2-8-20-38)62-50-34-30-46-48-32-36-52-60-51(35-31-47(58(48)60)45-29-33-49(61(53)62)59(50)57(45)46)63-55(39-21-9-3-10-22-39)43-27-15-16-28-44(43)56(64(52)63)40-23-11-4-12-24-40/h1-36,57,59H. The minimum Gasteiger partial charge on any atom is -0.0622 e. The molecular formula is C64H38. The molecule has 0 aliphatic heterocycles. The fraction of sp³-hybridized carbons (Fsp3) is 0.0312. The second kappa shape index (κ2) is 12.8. The van der Waals surface area contributed by atoms with Crippen molar-refractivity contribution in [1.82, 2.24) is 0 Å². The molecule has 0 aromatic heterocycles. The van der Waals surface area contributed by atoms with E-state index in [1.54, 1.807) is 0 Å². The van der Waals surface area contributed by atoms with E-state index in [9.17, 15) is 0 Å². The lowest BCUT2D eigenvalue weighted by molar-refractivity contribution is 0.742. The van der Waals surface area contributed by atoms with E-state index in [0.29, 0.717) is 0 Å². The minimum absolute atomic E-state index is 0.209. The first-order chi connectivity index (χ1) is 31.8. The molecule has 0 heteroatoms. The van der Waals surface area contributed by atoms with Crippen LogP contribution in [0, 0.1) is 11.8 Å². The molecule has 0 saturated carbocycles. The van der Waals surface area contributed by atoms with Gasteiger partial charge in [-0.1, -0.05) is 218 Å². The molecule has 5 aliphatic rings. The number of fused-ring (bicyclic) bond motifs is 10. The van der Waals surface area contributed by atoms with E-state index in [1.165, 1.54) is 144 Å². The summed E-state index contributed by atoms with van der Waals surface area (Å²) in [5.41, 5.74) is 27.1. The van der Waals surface area contributed by atoms with Crippen LogP contribution in [0.4, 0.5) is 0 Å². The van der Waals surface area contributed by atoms with Crippen LogP contribution < -0.4 is 0 Å². The number of benzene rings is 10. The maximum absolute atomic E-state index is 2.51. The fourth-order valence-corrected chi connectivity index (χ4v) is 12.8. The van der Waals surface area contributed by atoms with Crippen molar-refractivity contribution in [2.75, 3.05) is 0 Å². The highest BCUT2D eigenvalue weighted by Crippen LogP contribution is 2.67. The smallest absolute Gasteiger partial charge is 0.0212 e. The van der Waals surface area contributed by atoms with Crippen LogP contribution in [0.25, 0.3) is 121 Å². The molecule has 0 radical (unpaired) electrons. The first-order valence-electron chi connectivity index (χ1n) is 22.7. The van der Waals surface area contributed by atoms with Gasteiger partial charge in [0.25, 0.3) is 0 Å². The molecule has 0 unspecified atom stereocenters. The monoisotopic (exact) mass is 806 g/mol. The van der Waals surface area contributed by atoms with Gasteiger partial charge in [0.2, 0.25) is 0 Å². The summed E-state index contributed by atoms with van der Waals surface area (Å²) in [4.78, 5) is 0. The average molecular weight is 807 g/mol. The van der Waals surface area contributed by atoms with Gasteiger partial charge in [0, 0.05) is 11.8 Å². The normalized spacial score (nSPS) is 16.8. The van der Waals surface area contributed by atoms with E-state index in [1.807, 2.05) is 0 Å². The molecule has 10 aromatic rings. The summed E-state index contributed by atoms with van der Waals surface area (Å²) in [6.45, 7) is 0. The van der Waals surface area contributed by atoms with Gasteiger partial charge in [0.05, 0.1) is 0 Å². The van der Waals surface area contributed by atoms with Gasteiger partial charge in [0.1, 0.15) is 0 Å². The predicted octanol–water partition coefficient (Wildman–Crippen LogP) is 17.0. The van der Waals surface area contributed by atoms with Gasteiger partial charge in [0.15, 0.2) is 0 Å². The Bertz CT molecular complexity index is 3590. The number of hydrogen-bond donors (Lipinski definition) is 0. The number of hydrogen-bond acceptors (Lipinski definition) is 0. The highest BCUT2D eigenvalue weighted by Gasteiger charge is 2.49. The van der Waals surface area contributed by atoms with Crippen LogP contribution in [0.3, 0.4) is 0 Å². The fourth-order valence-electron chi connectivity index (χ4n) is 12.8. The van der Waals surface area contributed by atoms with Gasteiger partial charge >= 0.3 is 0 Å². The van der Waals surface area contributed by atoms with Crippen LogP contribution in [-0.4, -0.2) is 0 Å². The lowest BCUT2D eigenvalue weighted by atomic mass is 9.62. The highest BCUT2D eigenvalue weighted by atomic mass is 14.5. The van der Waals surface area contributed by atoms with Gasteiger partial charge < -0.3 is 0 Å². The first kappa shape index (κ1) is 34.5. The molecule has 0 spiro atoms. The summed E-state index contributed by atoms with van der Waals surface area (Å²) in [6.07, 6.45) is 10.0. The zero-order valence-corrected chi connectivity index (χ0v) is 34.9. The summed E-state index contributed by atoms with van der Waals surface area (Å²) in [5, 5.41) is 7.99. The largest absolute Gasteiger partial charge is 0.0622 e. The lowest BCUT2D eigenvalue weighted by Crippen LogP contribution is -2.25. The van der Waals surface area contributed by atoms with E-state index in [2.05, 4.69) is 218 Å². The van der Waals surface area contributed by atoms with E-state index in [0.717, 1.165) is 0 Å². The maximum atomic E-state index is 2.51. The molecule has 5 aliphatic carbocycles. The molecular weight excluding hydrogens is 769 g/mol. The molecule has 0 heterocycles. The predicted molar refractivity (Wildman–Crippen MR) is 270 cm³/mol. The van der Waals surface area contributed by atoms with E-state index in [4.69, 9.17) is 0 Å². The molecule has 0 amide bonds. The van der Waals surface area contributed by atoms with Crippen LogP contribution in [-0.2, 0) is 0 Å². The van der Waals surface area contributed by atoms with Gasteiger partial charge in [-0.2, -0.15) is 0 Å². The van der Waals surface area contributed by atoms with Crippen LogP contribution in [0.2, 0.25) is 0 Å². The van der Waals surface area contributed by atoms with Gasteiger partial charge in [-0.05, 0) is 144 Å². The number of rotatable bonds is 4. The Balaban J connectivity index is 1.04. The Morgan fingerprint density at radius 1 is 0.203 bits per heavy atom. The van der Waals surface area contributed by atoms with Crippen LogP contribution in [0.5, 0.6) is 0 Å². The second-order valence-electron chi connectivity index (χ2n) is 18.1. The third-order valence-corrected chi connectivity index (χ3v) is 15.1. The third-order valence-electron chi connectivity index (χ3n) is 15.1. The summed E-state index contributed by atoms with van der Waals surface area (Å²) in [6, 6.07) is 72.5. The van der Waals surface area contributed by atoms with Crippen molar-refractivity contribution in [2.45, 2.75) is 0 Å². The molecule has 0 nitrogen and oxygen atoms in total. The molecule has 0 saturated heterocycles. The average Bonchev–Trinajstić information content (AvgIpc) is 3.88. The SMILES string of the molecule is C1=C2c3c(c(-c4ccccc4)c4ccccc4c3-c3ccccc3)C3=CC=C4c5ccc6c7c(ccc(c57)C(=C1)C4C23)-c1c-6c(-c2ccccc2)c2ccccc2c1-c1ccccc1. The van der Waals surface area contributed by atoms with Gasteiger partial charge in [-0.15, -0.1) is 0 Å². The van der Waals surface area contributed by atoms with E-state index >= 15 is 0 Å². The summed E-state index contributed by atoms with van der Waals surface area (Å²) >= 11 is 0. The van der Waals surface area contributed by atoms with Crippen molar-refractivity contribution in [1.29, 1.82) is 0 Å². The third kappa shape index (κ3) is 4.37. The quantitative estimate of drug-likeness (QED) is 0.166. The van der Waals surface area contributed by atoms with Crippen molar-refractivity contribution >= 4 is 54.6 Å². The molecule has 0 atom stereocenters. The Labute approximate surface area is 372 Å².